The molecule has 0 saturated carbocycles. The number of aromatic nitrogens is 4. The van der Waals surface area contributed by atoms with Crippen molar-refractivity contribution in [3.8, 4) is 0 Å². The Morgan fingerprint density at radius 3 is 2.43 bits per heavy atom. The van der Waals surface area contributed by atoms with Gasteiger partial charge in [0.25, 0.3) is 5.91 Å². The summed E-state index contributed by atoms with van der Waals surface area (Å²) in [6, 6.07) is 2.52. The van der Waals surface area contributed by atoms with Gasteiger partial charge in [0.05, 0.1) is 17.1 Å². The van der Waals surface area contributed by atoms with Gasteiger partial charge < -0.3 is 24.7 Å². The van der Waals surface area contributed by atoms with E-state index < -0.39 is 34.8 Å². The molecule has 1 aliphatic heterocycles. The Kier molecular flexibility index (Phi) is 7.59. The summed E-state index contributed by atoms with van der Waals surface area (Å²) in [6.07, 6.45) is 6.52. The van der Waals surface area contributed by atoms with Gasteiger partial charge in [-0.2, -0.15) is 5.10 Å². The summed E-state index contributed by atoms with van der Waals surface area (Å²) < 4.78 is 39.0. The van der Waals surface area contributed by atoms with Crippen LogP contribution in [0, 0.1) is 18.6 Å². The predicted octanol–water partition coefficient (Wildman–Crippen LogP) is 5.82. The van der Waals surface area contributed by atoms with E-state index in [2.05, 4.69) is 25.6 Å². The predicted molar refractivity (Wildman–Crippen MR) is 157 cm³/mol. The second-order valence-electron chi connectivity index (χ2n) is 11.9. The van der Waals surface area contributed by atoms with Gasteiger partial charge in [0.15, 0.2) is 11.5 Å². The molecule has 0 atom stereocenters. The Bertz CT molecular complexity index is 1660. The first-order chi connectivity index (χ1) is 19.8. The fourth-order valence-corrected chi connectivity index (χ4v) is 5.52. The molecule has 4 heterocycles. The Morgan fingerprint density at radius 2 is 1.79 bits per heavy atom. The van der Waals surface area contributed by atoms with Crippen LogP contribution in [0.25, 0.3) is 16.6 Å². The summed E-state index contributed by atoms with van der Waals surface area (Å²) >= 11 is 0. The minimum atomic E-state index is -0.730. The molecule has 3 aromatic heterocycles. The number of anilines is 2. The van der Waals surface area contributed by atoms with Crippen molar-refractivity contribution < 1.29 is 23.1 Å². The summed E-state index contributed by atoms with van der Waals surface area (Å²) in [5, 5.41) is 10.9. The van der Waals surface area contributed by atoms with Crippen molar-refractivity contribution in [2.45, 2.75) is 78.5 Å². The maximum absolute atomic E-state index is 15.8. The van der Waals surface area contributed by atoms with Gasteiger partial charge in [0.2, 0.25) is 0 Å². The standard InChI is InChI=1S/C30H37F2N7O3/c1-7-30(35-28(41)42-29(4,5)6)9-11-37(12-10-30)23-14-21(31)24(25-20(23)17-39(8-2)36-25)27(40)34-19-13-22(32)26-33-18(3)15-38(26)16-19/h13-17H,7-12H2,1-6H3,(H,34,40)(H,35,41). The number of imidazole rings is 1. The van der Waals surface area contributed by atoms with E-state index in [9.17, 15) is 14.0 Å². The number of ether oxygens (including phenoxy) is 1. The second-order valence-corrected chi connectivity index (χ2v) is 11.9. The second kappa shape index (κ2) is 10.9. The molecule has 224 valence electrons. The quantitative estimate of drug-likeness (QED) is 0.298. The van der Waals surface area contributed by atoms with E-state index in [0.29, 0.717) is 49.2 Å². The van der Waals surface area contributed by atoms with Gasteiger partial charge >= 0.3 is 6.09 Å². The van der Waals surface area contributed by atoms with Crippen LogP contribution in [0.5, 0.6) is 0 Å². The summed E-state index contributed by atoms with van der Waals surface area (Å²) in [4.78, 5) is 32.1. The van der Waals surface area contributed by atoms with Crippen molar-refractivity contribution in [1.82, 2.24) is 24.5 Å². The molecule has 2 N–H and O–H groups in total. The number of hydrogen-bond donors (Lipinski definition) is 2. The van der Waals surface area contributed by atoms with Gasteiger partial charge in [-0.05, 0) is 59.9 Å². The summed E-state index contributed by atoms with van der Waals surface area (Å²) in [5.41, 5.74) is 0.531. The topological polar surface area (TPSA) is 106 Å². The molecule has 5 rings (SSSR count). The van der Waals surface area contributed by atoms with Crippen molar-refractivity contribution in [1.29, 1.82) is 0 Å². The molecule has 2 amide bonds. The van der Waals surface area contributed by atoms with Gasteiger partial charge in [0, 0.05) is 55.2 Å². The molecule has 1 saturated heterocycles. The number of hydrogen-bond acceptors (Lipinski definition) is 6. The van der Waals surface area contributed by atoms with E-state index in [4.69, 9.17) is 4.74 Å². The normalized spacial score (nSPS) is 15.3. The minimum Gasteiger partial charge on any atom is -0.444 e. The third-order valence-electron chi connectivity index (χ3n) is 7.72. The molecule has 1 aromatic carbocycles. The molecule has 4 aromatic rings. The van der Waals surface area contributed by atoms with E-state index in [0.717, 1.165) is 12.5 Å². The van der Waals surface area contributed by atoms with Gasteiger partial charge in [0.1, 0.15) is 22.5 Å². The molecular weight excluding hydrogens is 544 g/mol. The summed E-state index contributed by atoms with van der Waals surface area (Å²) in [5.74, 6) is -2.06. The van der Waals surface area contributed by atoms with Gasteiger partial charge in [-0.3, -0.25) is 9.48 Å². The summed E-state index contributed by atoms with van der Waals surface area (Å²) in [6.45, 7) is 12.8. The zero-order valence-electron chi connectivity index (χ0n) is 24.8. The van der Waals surface area contributed by atoms with Crippen molar-refractivity contribution in [3.63, 3.8) is 0 Å². The SMILES string of the molecule is CCn1cc2c(N3CCC(CC)(NC(=O)OC(C)(C)C)CC3)cc(F)c(C(=O)Nc3cc(F)c4nc(C)cn4c3)c2n1. The lowest BCUT2D eigenvalue weighted by Gasteiger charge is -2.43. The van der Waals surface area contributed by atoms with Crippen LogP contribution in [-0.2, 0) is 11.3 Å². The lowest BCUT2D eigenvalue weighted by atomic mass is 9.84. The number of carbonyl (C=O) groups is 2. The summed E-state index contributed by atoms with van der Waals surface area (Å²) in [7, 11) is 0. The number of carbonyl (C=O) groups excluding carboxylic acids is 2. The zero-order valence-corrected chi connectivity index (χ0v) is 24.8. The highest BCUT2D eigenvalue weighted by atomic mass is 19.1. The molecule has 0 spiro atoms. The van der Waals surface area contributed by atoms with Crippen LogP contribution in [0.2, 0.25) is 0 Å². The number of rotatable bonds is 6. The lowest BCUT2D eigenvalue weighted by molar-refractivity contribution is 0.0431. The number of nitrogens with zero attached hydrogens (tertiary/aromatic N) is 5. The minimum absolute atomic E-state index is 0.139. The smallest absolute Gasteiger partial charge is 0.408 e. The Hall–Kier alpha value is -4.22. The number of benzene rings is 1. The number of alkyl carbamates (subject to hydrolysis) is 1. The molecule has 10 nitrogen and oxygen atoms in total. The molecule has 1 aliphatic rings. The Balaban J connectivity index is 1.42. The number of fused-ring (bicyclic) bond motifs is 2. The molecule has 42 heavy (non-hydrogen) atoms. The van der Waals surface area contributed by atoms with Crippen molar-refractivity contribution in [2.75, 3.05) is 23.3 Å². The van der Waals surface area contributed by atoms with E-state index in [1.165, 1.54) is 16.7 Å². The average molecular weight is 582 g/mol. The highest BCUT2D eigenvalue weighted by Gasteiger charge is 2.37. The number of halogens is 2. The van der Waals surface area contributed by atoms with E-state index in [1.807, 2.05) is 40.8 Å². The number of aryl methyl sites for hydroxylation is 2. The Morgan fingerprint density at radius 1 is 1.07 bits per heavy atom. The number of piperidine rings is 1. The third kappa shape index (κ3) is 5.75. The molecule has 0 unspecified atom stereocenters. The van der Waals surface area contributed by atoms with Crippen LogP contribution < -0.4 is 15.5 Å². The lowest BCUT2D eigenvalue weighted by Crippen LogP contribution is -2.56. The largest absolute Gasteiger partial charge is 0.444 e. The Labute approximate surface area is 243 Å². The number of pyridine rings is 1. The highest BCUT2D eigenvalue weighted by molar-refractivity contribution is 6.14. The molecule has 12 heteroatoms. The van der Waals surface area contributed by atoms with Crippen LogP contribution in [-0.4, -0.2) is 55.4 Å². The third-order valence-corrected chi connectivity index (χ3v) is 7.72. The maximum atomic E-state index is 15.8. The first-order valence-electron chi connectivity index (χ1n) is 14.2. The van der Waals surface area contributed by atoms with Crippen molar-refractivity contribution >= 4 is 39.9 Å². The van der Waals surface area contributed by atoms with Crippen LogP contribution in [0.15, 0.2) is 30.7 Å². The molecule has 1 fully saturated rings. The first-order valence-corrected chi connectivity index (χ1v) is 14.2. The van der Waals surface area contributed by atoms with Crippen LogP contribution in [0.4, 0.5) is 25.0 Å². The van der Waals surface area contributed by atoms with Crippen LogP contribution in [0.1, 0.15) is 69.9 Å². The van der Waals surface area contributed by atoms with Crippen molar-refractivity contribution in [2.24, 2.45) is 0 Å². The molecule has 0 bridgehead atoms. The molecule has 0 radical (unpaired) electrons. The van der Waals surface area contributed by atoms with Gasteiger partial charge in [-0.15, -0.1) is 0 Å². The van der Waals surface area contributed by atoms with Crippen LogP contribution in [0.3, 0.4) is 0 Å². The number of amides is 2. The fraction of sp³-hybridized carbons (Fsp3) is 0.467. The molecule has 0 aliphatic carbocycles. The highest BCUT2D eigenvalue weighted by Crippen LogP contribution is 2.36. The van der Waals surface area contributed by atoms with E-state index in [1.54, 1.807) is 17.8 Å². The van der Waals surface area contributed by atoms with E-state index in [-0.39, 0.29) is 22.4 Å². The van der Waals surface area contributed by atoms with Gasteiger partial charge in [-0.1, -0.05) is 6.92 Å². The monoisotopic (exact) mass is 581 g/mol. The fourth-order valence-electron chi connectivity index (χ4n) is 5.52. The van der Waals surface area contributed by atoms with Gasteiger partial charge in [-0.25, -0.2) is 18.6 Å². The van der Waals surface area contributed by atoms with Crippen LogP contribution >= 0.6 is 0 Å². The van der Waals surface area contributed by atoms with Crippen molar-refractivity contribution in [3.05, 3.63) is 53.6 Å². The van der Waals surface area contributed by atoms with E-state index >= 15 is 4.39 Å². The maximum Gasteiger partial charge on any atom is 0.408 e. The first kappa shape index (κ1) is 29.3. The average Bonchev–Trinajstić information content (AvgIpc) is 3.50. The number of nitrogens with one attached hydrogen (secondary N) is 2. The molecular formula is C30H37F2N7O3. The zero-order chi connectivity index (χ0) is 30.4.